The van der Waals surface area contributed by atoms with Crippen LogP contribution >= 0.6 is 0 Å². The Morgan fingerprint density at radius 2 is 2.00 bits per heavy atom. The number of hydrogen-bond donors (Lipinski definition) is 2. The van der Waals surface area contributed by atoms with Crippen molar-refractivity contribution in [2.45, 2.75) is 31.9 Å². The molecule has 0 aromatic heterocycles. The zero-order valence-electron chi connectivity index (χ0n) is 10.9. The monoisotopic (exact) mass is 237 g/mol. The highest BCUT2D eigenvalue weighted by molar-refractivity contribution is 5.24. The lowest BCUT2D eigenvalue weighted by Crippen LogP contribution is -2.48. The summed E-state index contributed by atoms with van der Waals surface area (Å²) in [5, 5.41) is 12.9. The van der Waals surface area contributed by atoms with Crippen LogP contribution in [0.3, 0.4) is 0 Å². The largest absolute Gasteiger partial charge is 0.394 e. The average molecular weight is 237 g/mol. The molecule has 1 aromatic carbocycles. The Hall–Kier alpha value is -0.900. The van der Waals surface area contributed by atoms with Crippen LogP contribution in [-0.2, 0) is 10.3 Å². The first kappa shape index (κ1) is 14.2. The van der Waals surface area contributed by atoms with Gasteiger partial charge in [0.1, 0.15) is 0 Å². The van der Waals surface area contributed by atoms with Gasteiger partial charge >= 0.3 is 0 Å². The molecule has 0 radical (unpaired) electrons. The normalized spacial score (nSPS) is 16.5. The Bertz CT molecular complexity index is 309. The summed E-state index contributed by atoms with van der Waals surface area (Å²) in [4.78, 5) is 0. The number of nitrogens with one attached hydrogen (secondary N) is 1. The van der Waals surface area contributed by atoms with Crippen molar-refractivity contribution < 1.29 is 9.84 Å². The average Bonchev–Trinajstić information content (AvgIpc) is 2.41. The number of aliphatic hydroxyl groups excluding tert-OH is 1. The summed E-state index contributed by atoms with van der Waals surface area (Å²) in [5.41, 5.74) is 0.540. The van der Waals surface area contributed by atoms with Crippen LogP contribution in [0.25, 0.3) is 0 Å². The first-order valence-electron chi connectivity index (χ1n) is 6.15. The van der Waals surface area contributed by atoms with Gasteiger partial charge in [0.2, 0.25) is 0 Å². The lowest BCUT2D eigenvalue weighted by molar-refractivity contribution is -0.00285. The second-order valence-corrected chi connectivity index (χ2v) is 4.39. The smallest absolute Gasteiger partial charge is 0.0903 e. The molecule has 96 valence electrons. The van der Waals surface area contributed by atoms with E-state index >= 15 is 0 Å². The van der Waals surface area contributed by atoms with E-state index in [0.717, 1.165) is 12.0 Å². The van der Waals surface area contributed by atoms with E-state index in [4.69, 9.17) is 4.74 Å². The predicted molar refractivity (Wildman–Crippen MR) is 70.0 cm³/mol. The van der Waals surface area contributed by atoms with Crippen molar-refractivity contribution in [2.24, 2.45) is 0 Å². The molecule has 2 N–H and O–H groups in total. The number of hydrogen-bond acceptors (Lipinski definition) is 3. The fourth-order valence-electron chi connectivity index (χ4n) is 1.68. The van der Waals surface area contributed by atoms with E-state index in [0.29, 0.717) is 6.61 Å². The van der Waals surface area contributed by atoms with Crippen molar-refractivity contribution in [3.05, 3.63) is 35.9 Å². The summed E-state index contributed by atoms with van der Waals surface area (Å²) in [6, 6.07) is 9.93. The van der Waals surface area contributed by atoms with E-state index in [9.17, 15) is 5.11 Å². The molecule has 3 heteroatoms. The zero-order chi connectivity index (χ0) is 12.7. The number of ether oxygens (including phenoxy) is 1. The van der Waals surface area contributed by atoms with E-state index < -0.39 is 5.54 Å². The highest BCUT2D eigenvalue weighted by Crippen LogP contribution is 2.21. The summed E-state index contributed by atoms with van der Waals surface area (Å²) in [5.74, 6) is 0. The predicted octanol–water partition coefficient (Wildman–Crippen LogP) is 1.91. The van der Waals surface area contributed by atoms with Gasteiger partial charge < -0.3 is 15.2 Å². The van der Waals surface area contributed by atoms with Crippen molar-refractivity contribution in [1.29, 1.82) is 0 Å². The molecule has 1 aromatic rings. The standard InChI is InChI=1S/C14H23NO2/c1-4-12(2)17-11-14(10-16,15-3)13-8-6-5-7-9-13/h5-9,12,15-16H,4,10-11H2,1-3H3. The molecule has 0 aliphatic heterocycles. The molecule has 1 rings (SSSR count). The maximum atomic E-state index is 9.67. The van der Waals surface area contributed by atoms with E-state index in [1.54, 1.807) is 0 Å². The molecule has 0 saturated heterocycles. The maximum Gasteiger partial charge on any atom is 0.0903 e. The fraction of sp³-hybridized carbons (Fsp3) is 0.571. The molecule has 0 fully saturated rings. The van der Waals surface area contributed by atoms with Gasteiger partial charge in [-0.2, -0.15) is 0 Å². The third-order valence-corrected chi connectivity index (χ3v) is 3.26. The summed E-state index contributed by atoms with van der Waals surface area (Å²) in [6.07, 6.45) is 1.18. The molecule has 0 heterocycles. The van der Waals surface area contributed by atoms with Crippen LogP contribution in [-0.4, -0.2) is 31.5 Å². The van der Waals surface area contributed by atoms with Crippen LogP contribution in [0.15, 0.2) is 30.3 Å². The van der Waals surface area contributed by atoms with Gasteiger partial charge in [-0.25, -0.2) is 0 Å². The lowest BCUT2D eigenvalue weighted by Gasteiger charge is -2.33. The second kappa shape index (κ2) is 6.74. The van der Waals surface area contributed by atoms with Gasteiger partial charge in [0.25, 0.3) is 0 Å². The molecule has 3 nitrogen and oxygen atoms in total. The van der Waals surface area contributed by atoms with E-state index in [1.807, 2.05) is 44.3 Å². The van der Waals surface area contributed by atoms with Crippen LogP contribution in [0.4, 0.5) is 0 Å². The molecular weight excluding hydrogens is 214 g/mol. The maximum absolute atomic E-state index is 9.67. The Kier molecular flexibility index (Phi) is 5.62. The highest BCUT2D eigenvalue weighted by Gasteiger charge is 2.30. The zero-order valence-corrected chi connectivity index (χ0v) is 10.9. The minimum absolute atomic E-state index is 0.0178. The Morgan fingerprint density at radius 1 is 1.35 bits per heavy atom. The van der Waals surface area contributed by atoms with Crippen molar-refractivity contribution in [3.63, 3.8) is 0 Å². The molecule has 0 bridgehead atoms. The van der Waals surface area contributed by atoms with Gasteiger partial charge in [0.05, 0.1) is 24.9 Å². The van der Waals surface area contributed by atoms with Gasteiger partial charge in [-0.3, -0.25) is 0 Å². The molecule has 2 atom stereocenters. The molecule has 0 spiro atoms. The SMILES string of the molecule is CCC(C)OCC(CO)(NC)c1ccccc1. The number of rotatable bonds is 7. The number of benzene rings is 1. The van der Waals surface area contributed by atoms with Crippen molar-refractivity contribution in [3.8, 4) is 0 Å². The third-order valence-electron chi connectivity index (χ3n) is 3.26. The summed E-state index contributed by atoms with van der Waals surface area (Å²) in [7, 11) is 1.85. The van der Waals surface area contributed by atoms with Gasteiger partial charge in [-0.15, -0.1) is 0 Å². The second-order valence-electron chi connectivity index (χ2n) is 4.39. The van der Waals surface area contributed by atoms with E-state index in [2.05, 4.69) is 12.2 Å². The number of aliphatic hydroxyl groups is 1. The lowest BCUT2D eigenvalue weighted by atomic mass is 9.91. The quantitative estimate of drug-likeness (QED) is 0.761. The third kappa shape index (κ3) is 3.53. The van der Waals surface area contributed by atoms with Gasteiger partial charge in [0, 0.05) is 0 Å². The van der Waals surface area contributed by atoms with Gasteiger partial charge in [-0.05, 0) is 26.0 Å². The molecule has 0 amide bonds. The molecule has 0 aliphatic rings. The molecule has 17 heavy (non-hydrogen) atoms. The van der Waals surface area contributed by atoms with E-state index in [1.165, 1.54) is 0 Å². The van der Waals surface area contributed by atoms with Crippen molar-refractivity contribution in [2.75, 3.05) is 20.3 Å². The Labute approximate surface area is 104 Å². The van der Waals surface area contributed by atoms with E-state index in [-0.39, 0.29) is 12.7 Å². The van der Waals surface area contributed by atoms with Crippen LogP contribution < -0.4 is 5.32 Å². The molecule has 2 unspecified atom stereocenters. The van der Waals surface area contributed by atoms with Crippen molar-refractivity contribution >= 4 is 0 Å². The highest BCUT2D eigenvalue weighted by atomic mass is 16.5. The fourth-order valence-corrected chi connectivity index (χ4v) is 1.68. The topological polar surface area (TPSA) is 41.5 Å². The van der Waals surface area contributed by atoms with Crippen LogP contribution in [0.5, 0.6) is 0 Å². The molecule has 0 aliphatic carbocycles. The first-order chi connectivity index (χ1) is 8.18. The van der Waals surface area contributed by atoms with Crippen LogP contribution in [0.1, 0.15) is 25.8 Å². The summed E-state index contributed by atoms with van der Waals surface area (Å²) >= 11 is 0. The van der Waals surface area contributed by atoms with Crippen LogP contribution in [0.2, 0.25) is 0 Å². The minimum Gasteiger partial charge on any atom is -0.394 e. The summed E-state index contributed by atoms with van der Waals surface area (Å²) in [6.45, 7) is 4.62. The molecular formula is C14H23NO2. The minimum atomic E-state index is -0.509. The van der Waals surface area contributed by atoms with Crippen molar-refractivity contribution in [1.82, 2.24) is 5.32 Å². The molecule has 0 saturated carbocycles. The summed E-state index contributed by atoms with van der Waals surface area (Å²) < 4.78 is 5.77. The first-order valence-corrected chi connectivity index (χ1v) is 6.15. The van der Waals surface area contributed by atoms with Crippen LogP contribution in [0, 0.1) is 0 Å². The van der Waals surface area contributed by atoms with Gasteiger partial charge in [-0.1, -0.05) is 37.3 Å². The van der Waals surface area contributed by atoms with Gasteiger partial charge in [0.15, 0.2) is 0 Å². The Morgan fingerprint density at radius 3 is 2.47 bits per heavy atom. The Balaban J connectivity index is 2.82. The number of likely N-dealkylation sites (N-methyl/N-ethyl adjacent to an activating group) is 1.